The van der Waals surface area contributed by atoms with Crippen molar-refractivity contribution in [3.8, 4) is 0 Å². The Labute approximate surface area is 201 Å². The lowest BCUT2D eigenvalue weighted by molar-refractivity contribution is -0.141. The zero-order valence-corrected chi connectivity index (χ0v) is 20.7. The number of ether oxygens (including phenoxy) is 1. The van der Waals surface area contributed by atoms with E-state index in [0.717, 1.165) is 11.1 Å². The first-order chi connectivity index (χ1) is 16.0. The molecule has 184 valence electrons. The fraction of sp³-hybridized carbons (Fsp3) is 0.423. The van der Waals surface area contributed by atoms with E-state index in [2.05, 4.69) is 10.6 Å². The van der Waals surface area contributed by atoms with Crippen LogP contribution in [0.3, 0.4) is 0 Å². The van der Waals surface area contributed by atoms with Gasteiger partial charge in [-0.25, -0.2) is 4.79 Å². The van der Waals surface area contributed by atoms with Crippen molar-refractivity contribution in [2.75, 3.05) is 18.5 Å². The van der Waals surface area contributed by atoms with Crippen LogP contribution in [0.15, 0.2) is 48.5 Å². The lowest BCUT2D eigenvalue weighted by Gasteiger charge is -2.33. The molecule has 0 aromatic heterocycles. The van der Waals surface area contributed by atoms with E-state index in [0.29, 0.717) is 11.3 Å². The summed E-state index contributed by atoms with van der Waals surface area (Å²) in [4.78, 5) is 40.5. The highest BCUT2D eigenvalue weighted by molar-refractivity contribution is 5.99. The van der Waals surface area contributed by atoms with Crippen molar-refractivity contribution in [3.63, 3.8) is 0 Å². The molecule has 2 rings (SSSR count). The van der Waals surface area contributed by atoms with Gasteiger partial charge >= 0.3 is 6.09 Å². The second-order valence-electron chi connectivity index (χ2n) is 9.12. The quantitative estimate of drug-likeness (QED) is 0.546. The minimum absolute atomic E-state index is 0.172. The Hall–Kier alpha value is -3.39. The number of aliphatic hydroxyl groups is 1. The molecule has 3 N–H and O–H groups in total. The fourth-order valence-corrected chi connectivity index (χ4v) is 3.44. The predicted octanol–water partition coefficient (Wildman–Crippen LogP) is 3.72. The van der Waals surface area contributed by atoms with Crippen LogP contribution in [0.2, 0.25) is 0 Å². The zero-order valence-electron chi connectivity index (χ0n) is 20.7. The molecule has 3 amide bonds. The van der Waals surface area contributed by atoms with E-state index >= 15 is 0 Å². The molecule has 0 fully saturated rings. The number of amides is 3. The summed E-state index contributed by atoms with van der Waals surface area (Å²) in [6.45, 7) is 10.2. The number of para-hydroxylation sites is 1. The van der Waals surface area contributed by atoms with E-state index in [1.807, 2.05) is 44.2 Å². The Morgan fingerprint density at radius 2 is 1.65 bits per heavy atom. The van der Waals surface area contributed by atoms with Crippen LogP contribution in [0.25, 0.3) is 0 Å². The van der Waals surface area contributed by atoms with E-state index in [4.69, 9.17) is 4.74 Å². The van der Waals surface area contributed by atoms with Gasteiger partial charge in [-0.2, -0.15) is 0 Å². The van der Waals surface area contributed by atoms with Crippen LogP contribution >= 0.6 is 0 Å². The lowest BCUT2D eigenvalue weighted by atomic mass is 10.0. The molecule has 0 aliphatic rings. The summed E-state index contributed by atoms with van der Waals surface area (Å²) in [5, 5.41) is 15.2. The molecule has 0 aliphatic heterocycles. The SMILES string of the molecule is CCN(C(=O)C(CO)NC(=O)OC(C)(C)C)C(C(=O)Nc1ccccc1C)c1ccc(C)cc1. The van der Waals surface area contributed by atoms with Crippen molar-refractivity contribution in [1.82, 2.24) is 10.2 Å². The molecule has 8 nitrogen and oxygen atoms in total. The third-order valence-corrected chi connectivity index (χ3v) is 5.15. The van der Waals surface area contributed by atoms with Crippen LogP contribution in [0.1, 0.15) is 50.4 Å². The molecule has 8 heteroatoms. The molecule has 2 aromatic rings. The van der Waals surface area contributed by atoms with Crippen molar-refractivity contribution in [3.05, 3.63) is 65.2 Å². The molecule has 34 heavy (non-hydrogen) atoms. The summed E-state index contributed by atoms with van der Waals surface area (Å²) in [5.74, 6) is -0.997. The Morgan fingerprint density at radius 3 is 2.18 bits per heavy atom. The highest BCUT2D eigenvalue weighted by Crippen LogP contribution is 2.25. The summed E-state index contributed by atoms with van der Waals surface area (Å²) < 4.78 is 5.22. The summed E-state index contributed by atoms with van der Waals surface area (Å²) in [6, 6.07) is 12.4. The molecule has 0 bridgehead atoms. The van der Waals surface area contributed by atoms with Gasteiger partial charge in [-0.05, 0) is 58.7 Å². The van der Waals surface area contributed by atoms with Crippen LogP contribution in [-0.4, -0.2) is 52.7 Å². The van der Waals surface area contributed by atoms with Gasteiger partial charge in [0.05, 0.1) is 6.61 Å². The summed E-state index contributed by atoms with van der Waals surface area (Å²) in [7, 11) is 0. The number of anilines is 1. The number of nitrogens with zero attached hydrogens (tertiary/aromatic N) is 1. The second-order valence-corrected chi connectivity index (χ2v) is 9.12. The Balaban J connectivity index is 2.38. The monoisotopic (exact) mass is 469 g/mol. The topological polar surface area (TPSA) is 108 Å². The highest BCUT2D eigenvalue weighted by Gasteiger charge is 2.35. The fourth-order valence-electron chi connectivity index (χ4n) is 3.44. The molecule has 0 aliphatic carbocycles. The number of alkyl carbamates (subject to hydrolysis) is 1. The third kappa shape index (κ3) is 7.31. The van der Waals surface area contributed by atoms with Gasteiger partial charge in [0.25, 0.3) is 5.91 Å². The first kappa shape index (κ1) is 26.9. The Kier molecular flexibility index (Phi) is 9.20. The number of hydrogen-bond acceptors (Lipinski definition) is 5. The molecule has 0 saturated heterocycles. The van der Waals surface area contributed by atoms with Gasteiger partial charge in [0.2, 0.25) is 5.91 Å². The molecule has 2 atom stereocenters. The van der Waals surface area contributed by atoms with E-state index in [9.17, 15) is 19.5 Å². The number of carbonyl (C=O) groups is 3. The maximum atomic E-state index is 13.5. The van der Waals surface area contributed by atoms with Crippen LogP contribution in [0.5, 0.6) is 0 Å². The van der Waals surface area contributed by atoms with Gasteiger partial charge in [0.15, 0.2) is 0 Å². The van der Waals surface area contributed by atoms with E-state index in [1.54, 1.807) is 45.9 Å². The van der Waals surface area contributed by atoms with E-state index in [1.165, 1.54) is 4.90 Å². The van der Waals surface area contributed by atoms with Gasteiger partial charge in [-0.1, -0.05) is 48.0 Å². The van der Waals surface area contributed by atoms with Gasteiger partial charge < -0.3 is 25.4 Å². The normalized spacial score (nSPS) is 12.9. The maximum absolute atomic E-state index is 13.5. The molecule has 2 aromatic carbocycles. The minimum Gasteiger partial charge on any atom is -0.444 e. The summed E-state index contributed by atoms with van der Waals surface area (Å²) in [5.41, 5.74) is 2.37. The van der Waals surface area contributed by atoms with Crippen LogP contribution < -0.4 is 10.6 Å². The predicted molar refractivity (Wildman–Crippen MR) is 131 cm³/mol. The molecular weight excluding hydrogens is 434 g/mol. The second kappa shape index (κ2) is 11.7. The minimum atomic E-state index is -1.27. The van der Waals surface area contributed by atoms with Gasteiger partial charge in [0, 0.05) is 12.2 Å². The van der Waals surface area contributed by atoms with Crippen molar-refractivity contribution in [1.29, 1.82) is 0 Å². The Bertz CT molecular complexity index is 998. The third-order valence-electron chi connectivity index (χ3n) is 5.15. The lowest BCUT2D eigenvalue weighted by Crippen LogP contribution is -2.53. The van der Waals surface area contributed by atoms with E-state index < -0.39 is 42.2 Å². The van der Waals surface area contributed by atoms with Crippen molar-refractivity contribution < 1.29 is 24.2 Å². The molecule has 0 spiro atoms. The molecule has 0 heterocycles. The number of aryl methyl sites for hydroxylation is 2. The average molecular weight is 470 g/mol. The van der Waals surface area contributed by atoms with Gasteiger partial charge in [-0.3, -0.25) is 9.59 Å². The number of carbonyl (C=O) groups excluding carboxylic acids is 3. The van der Waals surface area contributed by atoms with Crippen molar-refractivity contribution >= 4 is 23.6 Å². The number of benzene rings is 2. The smallest absolute Gasteiger partial charge is 0.408 e. The number of nitrogens with one attached hydrogen (secondary N) is 2. The molecule has 2 unspecified atom stereocenters. The van der Waals surface area contributed by atoms with Gasteiger partial charge in [0.1, 0.15) is 17.7 Å². The van der Waals surface area contributed by atoms with Crippen LogP contribution in [0, 0.1) is 13.8 Å². The highest BCUT2D eigenvalue weighted by atomic mass is 16.6. The maximum Gasteiger partial charge on any atom is 0.408 e. The number of hydrogen-bond donors (Lipinski definition) is 3. The zero-order chi connectivity index (χ0) is 25.5. The molecule has 0 saturated carbocycles. The molecular formula is C26H35N3O5. The average Bonchev–Trinajstić information content (AvgIpc) is 2.76. The van der Waals surface area contributed by atoms with Crippen LogP contribution in [-0.2, 0) is 14.3 Å². The van der Waals surface area contributed by atoms with Crippen molar-refractivity contribution in [2.45, 2.75) is 59.2 Å². The number of rotatable bonds is 8. The Morgan fingerprint density at radius 1 is 1.03 bits per heavy atom. The first-order valence-electron chi connectivity index (χ1n) is 11.3. The summed E-state index contributed by atoms with van der Waals surface area (Å²) in [6.07, 6.45) is -0.827. The number of likely N-dealkylation sites (N-methyl/N-ethyl adjacent to an activating group) is 1. The van der Waals surface area contributed by atoms with E-state index in [-0.39, 0.29) is 6.54 Å². The van der Waals surface area contributed by atoms with Crippen LogP contribution in [0.4, 0.5) is 10.5 Å². The standard InChI is InChI=1S/C26H35N3O5/c1-7-29(24(32)21(16-30)28-25(33)34-26(4,5)6)22(19-14-12-17(2)13-15-19)23(31)27-20-11-9-8-10-18(20)3/h8-15,21-22,30H,7,16H2,1-6H3,(H,27,31)(H,28,33). The largest absolute Gasteiger partial charge is 0.444 e. The molecule has 0 radical (unpaired) electrons. The van der Waals surface area contributed by atoms with Crippen molar-refractivity contribution in [2.24, 2.45) is 0 Å². The summed E-state index contributed by atoms with van der Waals surface area (Å²) >= 11 is 0. The van der Waals surface area contributed by atoms with Gasteiger partial charge in [-0.15, -0.1) is 0 Å². The number of aliphatic hydroxyl groups excluding tert-OH is 1. The first-order valence-corrected chi connectivity index (χ1v) is 11.3.